The van der Waals surface area contributed by atoms with Crippen LogP contribution in [0.4, 0.5) is 5.13 Å². The SMILES string of the molecule is Cc1ccc(C(=O)Nc2nnc(CCc3ccccc3)s2)cc1-n1nnnc1C. The van der Waals surface area contributed by atoms with Gasteiger partial charge in [0.25, 0.3) is 5.91 Å². The van der Waals surface area contributed by atoms with Crippen LogP contribution < -0.4 is 5.32 Å². The molecule has 2 heterocycles. The number of carbonyl (C=O) groups is 1. The molecule has 2 aromatic carbocycles. The lowest BCUT2D eigenvalue weighted by molar-refractivity contribution is 0.102. The molecule has 0 aliphatic carbocycles. The first kappa shape index (κ1) is 18.9. The maximum Gasteiger partial charge on any atom is 0.257 e. The molecule has 0 unspecified atom stereocenters. The number of anilines is 1. The molecule has 29 heavy (non-hydrogen) atoms. The van der Waals surface area contributed by atoms with Crippen molar-refractivity contribution < 1.29 is 4.79 Å². The van der Waals surface area contributed by atoms with E-state index in [0.29, 0.717) is 16.5 Å². The van der Waals surface area contributed by atoms with Gasteiger partial charge in [0.05, 0.1) is 5.69 Å². The molecule has 0 aliphatic heterocycles. The average molecular weight is 405 g/mol. The molecule has 0 atom stereocenters. The van der Waals surface area contributed by atoms with Gasteiger partial charge in [0.15, 0.2) is 5.82 Å². The van der Waals surface area contributed by atoms with Gasteiger partial charge in [-0.15, -0.1) is 15.3 Å². The van der Waals surface area contributed by atoms with Crippen molar-refractivity contribution >= 4 is 22.4 Å². The standard InChI is InChI=1S/C20H19N7OS/c1-13-8-10-16(12-17(13)27-14(2)22-25-26-27)19(28)21-20-24-23-18(29-20)11-9-15-6-4-3-5-7-15/h3-8,10,12H,9,11H2,1-2H3,(H,21,24,28). The van der Waals surface area contributed by atoms with Crippen LogP contribution in [0.5, 0.6) is 0 Å². The zero-order valence-electron chi connectivity index (χ0n) is 16.0. The number of benzene rings is 2. The molecule has 0 saturated carbocycles. The zero-order valence-corrected chi connectivity index (χ0v) is 16.8. The van der Waals surface area contributed by atoms with Gasteiger partial charge in [-0.3, -0.25) is 10.1 Å². The molecule has 0 bridgehead atoms. The number of aryl methyl sites for hydroxylation is 4. The monoisotopic (exact) mass is 405 g/mol. The smallest absolute Gasteiger partial charge is 0.257 e. The second-order valence-electron chi connectivity index (χ2n) is 6.58. The third-order valence-electron chi connectivity index (χ3n) is 4.48. The van der Waals surface area contributed by atoms with Gasteiger partial charge in [0.1, 0.15) is 5.01 Å². The maximum atomic E-state index is 12.7. The van der Waals surface area contributed by atoms with E-state index >= 15 is 0 Å². The first-order valence-electron chi connectivity index (χ1n) is 9.14. The van der Waals surface area contributed by atoms with Crippen LogP contribution in [-0.4, -0.2) is 36.3 Å². The van der Waals surface area contributed by atoms with Gasteiger partial charge in [-0.2, -0.15) is 4.68 Å². The van der Waals surface area contributed by atoms with Crippen LogP contribution in [0.1, 0.15) is 32.3 Å². The van der Waals surface area contributed by atoms with E-state index in [0.717, 1.165) is 29.1 Å². The van der Waals surface area contributed by atoms with Crippen molar-refractivity contribution in [3.8, 4) is 5.69 Å². The van der Waals surface area contributed by atoms with Gasteiger partial charge in [-0.25, -0.2) is 0 Å². The Morgan fingerprint density at radius 2 is 1.86 bits per heavy atom. The molecule has 9 heteroatoms. The minimum absolute atomic E-state index is 0.247. The molecule has 0 aliphatic rings. The topological polar surface area (TPSA) is 98.5 Å². The third kappa shape index (κ3) is 4.35. The molecule has 2 aromatic heterocycles. The van der Waals surface area contributed by atoms with Crippen LogP contribution in [0.2, 0.25) is 0 Å². The lowest BCUT2D eigenvalue weighted by atomic mass is 10.1. The summed E-state index contributed by atoms with van der Waals surface area (Å²) in [5.41, 5.74) is 3.48. The van der Waals surface area contributed by atoms with Gasteiger partial charge in [-0.1, -0.05) is 47.7 Å². The van der Waals surface area contributed by atoms with Crippen LogP contribution in [0, 0.1) is 13.8 Å². The fraction of sp³-hybridized carbons (Fsp3) is 0.200. The number of hydrogen-bond donors (Lipinski definition) is 1. The third-order valence-corrected chi connectivity index (χ3v) is 5.38. The molecule has 4 aromatic rings. The number of hydrogen-bond acceptors (Lipinski definition) is 7. The Balaban J connectivity index is 1.45. The molecule has 0 radical (unpaired) electrons. The Bertz CT molecular complexity index is 1140. The highest BCUT2D eigenvalue weighted by Gasteiger charge is 2.14. The lowest BCUT2D eigenvalue weighted by Crippen LogP contribution is -2.13. The van der Waals surface area contributed by atoms with E-state index in [1.54, 1.807) is 16.8 Å². The number of tetrazole rings is 1. The van der Waals surface area contributed by atoms with E-state index < -0.39 is 0 Å². The number of nitrogens with zero attached hydrogens (tertiary/aromatic N) is 6. The van der Waals surface area contributed by atoms with Crippen molar-refractivity contribution in [1.29, 1.82) is 0 Å². The van der Waals surface area contributed by atoms with Crippen molar-refractivity contribution in [3.05, 3.63) is 76.1 Å². The highest BCUT2D eigenvalue weighted by Crippen LogP contribution is 2.20. The number of aromatic nitrogens is 6. The molecular weight excluding hydrogens is 386 g/mol. The van der Waals surface area contributed by atoms with Crippen molar-refractivity contribution in [2.75, 3.05) is 5.32 Å². The minimum Gasteiger partial charge on any atom is -0.296 e. The first-order valence-corrected chi connectivity index (χ1v) is 9.95. The van der Waals surface area contributed by atoms with Crippen LogP contribution in [0.3, 0.4) is 0 Å². The molecule has 146 valence electrons. The van der Waals surface area contributed by atoms with Crippen LogP contribution in [0.25, 0.3) is 5.69 Å². The highest BCUT2D eigenvalue weighted by molar-refractivity contribution is 7.15. The summed E-state index contributed by atoms with van der Waals surface area (Å²) in [5, 5.41) is 24.0. The maximum absolute atomic E-state index is 12.7. The van der Waals surface area contributed by atoms with Gasteiger partial charge in [0.2, 0.25) is 5.13 Å². The van der Waals surface area contributed by atoms with Gasteiger partial charge in [-0.05, 0) is 54.0 Å². The zero-order chi connectivity index (χ0) is 20.2. The first-order chi connectivity index (χ1) is 14.1. The molecule has 0 saturated heterocycles. The molecular formula is C20H19N7OS. The fourth-order valence-electron chi connectivity index (χ4n) is 2.90. The summed E-state index contributed by atoms with van der Waals surface area (Å²) in [4.78, 5) is 12.7. The van der Waals surface area contributed by atoms with E-state index in [1.807, 2.05) is 38.1 Å². The predicted octanol–water partition coefficient (Wildman–Crippen LogP) is 3.17. The number of amides is 1. The summed E-state index contributed by atoms with van der Waals surface area (Å²) in [6, 6.07) is 15.6. The highest BCUT2D eigenvalue weighted by atomic mass is 32.1. The summed E-state index contributed by atoms with van der Waals surface area (Å²) >= 11 is 1.39. The van der Waals surface area contributed by atoms with E-state index in [2.05, 4.69) is 43.2 Å². The second-order valence-corrected chi connectivity index (χ2v) is 7.64. The number of carbonyl (C=O) groups excluding carboxylic acids is 1. The Morgan fingerprint density at radius 1 is 1.03 bits per heavy atom. The normalized spacial score (nSPS) is 10.8. The van der Waals surface area contributed by atoms with E-state index in [-0.39, 0.29) is 5.91 Å². The Kier molecular flexibility index (Phi) is 5.39. The summed E-state index contributed by atoms with van der Waals surface area (Å²) < 4.78 is 1.61. The van der Waals surface area contributed by atoms with E-state index in [4.69, 9.17) is 0 Å². The van der Waals surface area contributed by atoms with E-state index in [1.165, 1.54) is 16.9 Å². The summed E-state index contributed by atoms with van der Waals surface area (Å²) in [6.07, 6.45) is 1.67. The van der Waals surface area contributed by atoms with E-state index in [9.17, 15) is 4.79 Å². The summed E-state index contributed by atoms with van der Waals surface area (Å²) in [5.74, 6) is 0.403. The summed E-state index contributed by atoms with van der Waals surface area (Å²) in [6.45, 7) is 3.76. The van der Waals surface area contributed by atoms with Crippen molar-refractivity contribution in [3.63, 3.8) is 0 Å². The molecule has 0 fully saturated rings. The van der Waals surface area contributed by atoms with Gasteiger partial charge >= 0.3 is 0 Å². The van der Waals surface area contributed by atoms with Crippen molar-refractivity contribution in [2.24, 2.45) is 0 Å². The van der Waals surface area contributed by atoms with Crippen LogP contribution in [-0.2, 0) is 12.8 Å². The Morgan fingerprint density at radius 3 is 2.62 bits per heavy atom. The second kappa shape index (κ2) is 8.27. The largest absolute Gasteiger partial charge is 0.296 e. The van der Waals surface area contributed by atoms with Gasteiger partial charge < -0.3 is 0 Å². The molecule has 1 amide bonds. The quantitative estimate of drug-likeness (QED) is 0.529. The number of rotatable bonds is 6. The van der Waals surface area contributed by atoms with Crippen LogP contribution >= 0.6 is 11.3 Å². The lowest BCUT2D eigenvalue weighted by Gasteiger charge is -2.08. The Hall–Kier alpha value is -3.46. The van der Waals surface area contributed by atoms with Crippen molar-refractivity contribution in [1.82, 2.24) is 30.4 Å². The molecule has 4 rings (SSSR count). The minimum atomic E-state index is -0.247. The fourth-order valence-corrected chi connectivity index (χ4v) is 3.64. The van der Waals surface area contributed by atoms with Crippen molar-refractivity contribution in [2.45, 2.75) is 26.7 Å². The number of nitrogens with one attached hydrogen (secondary N) is 1. The molecule has 8 nitrogen and oxygen atoms in total. The molecule has 0 spiro atoms. The predicted molar refractivity (Wildman–Crippen MR) is 110 cm³/mol. The summed E-state index contributed by atoms with van der Waals surface area (Å²) in [7, 11) is 0. The molecule has 1 N–H and O–H groups in total. The van der Waals surface area contributed by atoms with Crippen LogP contribution in [0.15, 0.2) is 48.5 Å². The Labute approximate surface area is 171 Å². The van der Waals surface area contributed by atoms with Gasteiger partial charge in [0, 0.05) is 12.0 Å². The average Bonchev–Trinajstić information content (AvgIpc) is 3.36.